The van der Waals surface area contributed by atoms with Crippen molar-refractivity contribution in [1.82, 2.24) is 0 Å². The second-order valence-electron chi connectivity index (χ2n) is 5.61. The first-order chi connectivity index (χ1) is 11.0. The Morgan fingerprint density at radius 3 is 2.52 bits per heavy atom. The van der Waals surface area contributed by atoms with Crippen LogP contribution in [0.15, 0.2) is 51.4 Å². The maximum absolute atomic E-state index is 12.3. The topological polar surface area (TPSA) is 38.3 Å². The highest BCUT2D eigenvalue weighted by Gasteiger charge is 2.11. The van der Waals surface area contributed by atoms with E-state index >= 15 is 0 Å². The minimum absolute atomic E-state index is 0.161. The highest BCUT2D eigenvalue weighted by atomic mass is 79.9. The van der Waals surface area contributed by atoms with Gasteiger partial charge in [0.1, 0.15) is 5.75 Å². The van der Waals surface area contributed by atoms with E-state index in [1.807, 2.05) is 30.3 Å². The van der Waals surface area contributed by atoms with Gasteiger partial charge in [0.25, 0.3) is 5.91 Å². The van der Waals surface area contributed by atoms with E-state index in [0.717, 1.165) is 26.8 Å². The third-order valence-corrected chi connectivity index (χ3v) is 4.58. The summed E-state index contributed by atoms with van der Waals surface area (Å²) in [5.41, 5.74) is 1.31. The Morgan fingerprint density at radius 1 is 1.13 bits per heavy atom. The van der Waals surface area contributed by atoms with E-state index in [9.17, 15) is 4.79 Å². The van der Waals surface area contributed by atoms with Crippen molar-refractivity contribution < 1.29 is 9.53 Å². The minimum Gasteiger partial charge on any atom is -0.492 e. The van der Waals surface area contributed by atoms with E-state index in [4.69, 9.17) is 4.74 Å². The van der Waals surface area contributed by atoms with Gasteiger partial charge in [-0.15, -0.1) is 0 Å². The molecule has 2 rings (SSSR count). The van der Waals surface area contributed by atoms with Crippen LogP contribution in [0.4, 0.5) is 5.69 Å². The maximum Gasteiger partial charge on any atom is 0.255 e. The van der Waals surface area contributed by atoms with Crippen LogP contribution in [0.1, 0.15) is 30.6 Å². The van der Waals surface area contributed by atoms with E-state index in [1.54, 1.807) is 12.1 Å². The summed E-state index contributed by atoms with van der Waals surface area (Å²) in [7, 11) is 0. The Balaban J connectivity index is 2.04. The molecule has 0 aliphatic heterocycles. The quantitative estimate of drug-likeness (QED) is 0.608. The fourth-order valence-electron chi connectivity index (χ4n) is 1.92. The molecule has 3 nitrogen and oxygen atoms in total. The molecule has 0 spiro atoms. The molecule has 0 saturated heterocycles. The van der Waals surface area contributed by atoms with E-state index in [0.29, 0.717) is 18.1 Å². The van der Waals surface area contributed by atoms with Gasteiger partial charge in [-0.3, -0.25) is 4.79 Å². The second kappa shape index (κ2) is 8.50. The van der Waals surface area contributed by atoms with E-state index < -0.39 is 0 Å². The number of hydrogen-bond acceptors (Lipinski definition) is 2. The third kappa shape index (κ3) is 5.36. The molecule has 1 N–H and O–H groups in total. The number of anilines is 1. The lowest BCUT2D eigenvalue weighted by atomic mass is 10.1. The molecule has 0 aromatic heterocycles. The van der Waals surface area contributed by atoms with Crippen LogP contribution in [0.5, 0.6) is 5.75 Å². The monoisotopic (exact) mass is 439 g/mol. The molecule has 0 radical (unpaired) electrons. The molecule has 0 heterocycles. The van der Waals surface area contributed by atoms with Crippen molar-refractivity contribution in [1.29, 1.82) is 0 Å². The number of rotatable bonds is 6. The minimum atomic E-state index is -0.161. The van der Waals surface area contributed by atoms with Crippen molar-refractivity contribution in [3.05, 3.63) is 57.0 Å². The molecule has 2 aromatic rings. The van der Waals surface area contributed by atoms with Crippen LogP contribution >= 0.6 is 31.9 Å². The molecule has 2 aromatic carbocycles. The Kier molecular flexibility index (Phi) is 6.66. The second-order valence-corrected chi connectivity index (χ2v) is 7.32. The normalized spacial score (nSPS) is 10.7. The molecular formula is C18H19Br2NO2. The lowest BCUT2D eigenvalue weighted by Gasteiger charge is -2.11. The number of nitrogens with one attached hydrogen (secondary N) is 1. The van der Waals surface area contributed by atoms with Crippen LogP contribution in [-0.2, 0) is 0 Å². The van der Waals surface area contributed by atoms with E-state index in [2.05, 4.69) is 51.0 Å². The van der Waals surface area contributed by atoms with Crippen LogP contribution in [0, 0.1) is 5.92 Å². The largest absolute Gasteiger partial charge is 0.492 e. The molecule has 0 atom stereocenters. The van der Waals surface area contributed by atoms with Crippen LogP contribution in [0.2, 0.25) is 0 Å². The SMILES string of the molecule is CC(C)CCOc1ccc(C(=O)Nc2ccccc2Br)cc1Br. The number of amides is 1. The van der Waals surface area contributed by atoms with Gasteiger partial charge in [-0.1, -0.05) is 26.0 Å². The van der Waals surface area contributed by atoms with Crippen molar-refractivity contribution in [3.63, 3.8) is 0 Å². The number of carbonyl (C=O) groups excluding carboxylic acids is 1. The number of benzene rings is 2. The van der Waals surface area contributed by atoms with Crippen molar-refractivity contribution >= 4 is 43.5 Å². The lowest BCUT2D eigenvalue weighted by molar-refractivity contribution is 0.102. The molecule has 23 heavy (non-hydrogen) atoms. The predicted molar refractivity (Wildman–Crippen MR) is 101 cm³/mol. The van der Waals surface area contributed by atoms with Gasteiger partial charge in [0.2, 0.25) is 0 Å². The number of para-hydroxylation sites is 1. The zero-order valence-electron chi connectivity index (χ0n) is 13.1. The average molecular weight is 441 g/mol. The van der Waals surface area contributed by atoms with Crippen molar-refractivity contribution in [2.75, 3.05) is 11.9 Å². The first kappa shape index (κ1) is 18.0. The standard InChI is InChI=1S/C18H19Br2NO2/c1-12(2)9-10-23-17-8-7-13(11-15(17)20)18(22)21-16-6-4-3-5-14(16)19/h3-8,11-12H,9-10H2,1-2H3,(H,21,22). The molecule has 0 fully saturated rings. The molecule has 122 valence electrons. The van der Waals surface area contributed by atoms with Crippen LogP contribution in [0.3, 0.4) is 0 Å². The summed E-state index contributed by atoms with van der Waals surface area (Å²) in [4.78, 5) is 12.3. The van der Waals surface area contributed by atoms with Gasteiger partial charge in [-0.05, 0) is 74.5 Å². The first-order valence-electron chi connectivity index (χ1n) is 7.45. The van der Waals surface area contributed by atoms with Gasteiger partial charge in [0, 0.05) is 10.0 Å². The molecule has 0 unspecified atom stereocenters. The fourth-order valence-corrected chi connectivity index (χ4v) is 2.80. The highest BCUT2D eigenvalue weighted by Crippen LogP contribution is 2.27. The summed E-state index contributed by atoms with van der Waals surface area (Å²) in [5.74, 6) is 1.19. The van der Waals surface area contributed by atoms with Gasteiger partial charge >= 0.3 is 0 Å². The van der Waals surface area contributed by atoms with Gasteiger partial charge in [0.15, 0.2) is 0 Å². The molecule has 0 aliphatic carbocycles. The Bertz CT molecular complexity index is 686. The Morgan fingerprint density at radius 2 is 1.87 bits per heavy atom. The van der Waals surface area contributed by atoms with Crippen LogP contribution < -0.4 is 10.1 Å². The highest BCUT2D eigenvalue weighted by molar-refractivity contribution is 9.11. The Labute approximate surface area is 153 Å². The molecule has 0 saturated carbocycles. The summed E-state index contributed by atoms with van der Waals surface area (Å²) in [6, 6.07) is 12.9. The molecular weight excluding hydrogens is 422 g/mol. The van der Waals surface area contributed by atoms with Gasteiger partial charge in [0.05, 0.1) is 16.8 Å². The Hall–Kier alpha value is -1.33. The molecule has 0 aliphatic rings. The van der Waals surface area contributed by atoms with Gasteiger partial charge in [-0.25, -0.2) is 0 Å². The molecule has 0 bridgehead atoms. The number of hydrogen-bond donors (Lipinski definition) is 1. The van der Waals surface area contributed by atoms with Crippen molar-refractivity contribution in [2.45, 2.75) is 20.3 Å². The summed E-state index contributed by atoms with van der Waals surface area (Å²) in [6.07, 6.45) is 0.997. The maximum atomic E-state index is 12.3. The zero-order valence-corrected chi connectivity index (χ0v) is 16.3. The predicted octanol–water partition coefficient (Wildman–Crippen LogP) is 5.89. The van der Waals surface area contributed by atoms with Crippen LogP contribution in [-0.4, -0.2) is 12.5 Å². The first-order valence-corrected chi connectivity index (χ1v) is 9.04. The number of ether oxygens (including phenoxy) is 1. The summed E-state index contributed by atoms with van der Waals surface area (Å²) in [5, 5.41) is 2.88. The van der Waals surface area contributed by atoms with E-state index in [1.165, 1.54) is 0 Å². The summed E-state index contributed by atoms with van der Waals surface area (Å²) < 4.78 is 7.36. The van der Waals surface area contributed by atoms with Gasteiger partial charge < -0.3 is 10.1 Å². The number of carbonyl (C=O) groups is 1. The molecule has 1 amide bonds. The third-order valence-electron chi connectivity index (χ3n) is 3.27. The summed E-state index contributed by atoms with van der Waals surface area (Å²) >= 11 is 6.89. The zero-order chi connectivity index (χ0) is 16.8. The van der Waals surface area contributed by atoms with E-state index in [-0.39, 0.29) is 5.91 Å². The lowest BCUT2D eigenvalue weighted by Crippen LogP contribution is -2.12. The summed E-state index contributed by atoms with van der Waals surface area (Å²) in [6.45, 7) is 4.99. The van der Waals surface area contributed by atoms with Crippen LogP contribution in [0.25, 0.3) is 0 Å². The fraction of sp³-hybridized carbons (Fsp3) is 0.278. The number of halogens is 2. The van der Waals surface area contributed by atoms with Crippen molar-refractivity contribution in [2.24, 2.45) is 5.92 Å². The molecule has 5 heteroatoms. The smallest absolute Gasteiger partial charge is 0.255 e. The average Bonchev–Trinajstić information content (AvgIpc) is 2.50. The van der Waals surface area contributed by atoms with Crippen molar-refractivity contribution in [3.8, 4) is 5.75 Å². The van der Waals surface area contributed by atoms with Gasteiger partial charge in [-0.2, -0.15) is 0 Å².